The third-order valence-corrected chi connectivity index (χ3v) is 12.7. The number of hydrogen-bond donors (Lipinski definition) is 5. The average molecular weight is 1140 g/mol. The average Bonchev–Trinajstić information content (AvgIpc) is 4.27. The molecule has 2 atom stereocenters. The lowest BCUT2D eigenvalue weighted by Gasteiger charge is -2.38. The van der Waals surface area contributed by atoms with Gasteiger partial charge in [-0.25, -0.2) is 51.9 Å². The van der Waals surface area contributed by atoms with E-state index in [-0.39, 0.29) is 40.6 Å². The number of hydrogen-bond acceptors (Lipinski definition) is 19. The minimum Gasteiger partial charge on any atom is -0.473 e. The Hall–Kier alpha value is -8.33. The molecule has 9 heterocycles. The number of piperidine rings is 1. The second kappa shape index (κ2) is 25.5. The second-order valence-electron chi connectivity index (χ2n) is 17.6. The normalized spacial score (nSPS) is 15.7. The van der Waals surface area contributed by atoms with Gasteiger partial charge in [0.05, 0.1) is 12.7 Å². The summed E-state index contributed by atoms with van der Waals surface area (Å²) in [5.74, 6) is -0.257. The van der Waals surface area contributed by atoms with E-state index in [2.05, 4.69) is 76.6 Å². The molecule has 414 valence electrons. The van der Waals surface area contributed by atoms with Gasteiger partial charge in [0.15, 0.2) is 0 Å². The van der Waals surface area contributed by atoms with Crippen molar-refractivity contribution in [2.45, 2.75) is 104 Å². The minimum atomic E-state index is -1.82. The molecule has 2 aliphatic heterocycles. The fourth-order valence-corrected chi connectivity index (χ4v) is 8.77. The van der Waals surface area contributed by atoms with Crippen LogP contribution in [0.2, 0.25) is 0 Å². The SMILES string of the molecule is CNc1n[nH]c(C)n1.Cc1nc2n(C)c(=O)[nH]c(=O)n2n1.Cc1nc2n(C)c(=O)n(CCCBr)c(=O)n2n1.Cc1nc2n(C)c(=O)n(CCCN3C4CCC3CC(OCc3ccccc3F)C4)c(=O)n2n1.O=C(O)C(=O)O. The molecule has 8 aromatic rings. The molecule has 2 aliphatic rings. The number of aromatic amines is 2. The number of aliphatic carboxylic acids is 2. The van der Waals surface area contributed by atoms with Gasteiger partial charge in [-0.2, -0.15) is 19.9 Å². The first-order valence-corrected chi connectivity index (χ1v) is 25.0. The Kier molecular flexibility index (Phi) is 19.2. The number of aromatic nitrogens is 18. The summed E-state index contributed by atoms with van der Waals surface area (Å²) in [7, 11) is 6.48. The Labute approximate surface area is 441 Å². The Morgan fingerprint density at radius 2 is 1.19 bits per heavy atom. The number of carboxylic acids is 2. The lowest BCUT2D eigenvalue weighted by molar-refractivity contribution is -0.159. The van der Waals surface area contributed by atoms with Crippen LogP contribution in [0.5, 0.6) is 0 Å². The summed E-state index contributed by atoms with van der Waals surface area (Å²) in [5, 5.41) is 36.7. The fourth-order valence-electron chi connectivity index (χ4n) is 8.52. The topological polar surface area (TPSA) is 374 Å². The van der Waals surface area contributed by atoms with Gasteiger partial charge in [0.1, 0.15) is 29.1 Å². The first kappa shape index (κ1) is 57.9. The van der Waals surface area contributed by atoms with Crippen molar-refractivity contribution in [3.63, 3.8) is 0 Å². The molecule has 31 nitrogen and oxygen atoms in total. The Morgan fingerprint density at radius 1 is 0.701 bits per heavy atom. The van der Waals surface area contributed by atoms with Crippen LogP contribution in [0, 0.1) is 33.5 Å². The van der Waals surface area contributed by atoms with Crippen LogP contribution in [0.3, 0.4) is 0 Å². The van der Waals surface area contributed by atoms with E-state index in [0.717, 1.165) is 52.4 Å². The van der Waals surface area contributed by atoms with Gasteiger partial charge in [0, 0.05) is 70.8 Å². The zero-order valence-electron chi connectivity index (χ0n) is 43.2. The molecule has 2 unspecified atom stereocenters. The third-order valence-electron chi connectivity index (χ3n) is 12.1. The van der Waals surface area contributed by atoms with E-state index >= 15 is 0 Å². The van der Waals surface area contributed by atoms with Crippen molar-refractivity contribution in [3.05, 3.63) is 122 Å². The fraction of sp³-hybridized carbons (Fsp3) is 0.500. The molecule has 0 saturated carbocycles. The number of anilines is 1. The van der Waals surface area contributed by atoms with Crippen LogP contribution in [0.1, 0.15) is 67.4 Å². The number of halogens is 2. The number of benzene rings is 1. The number of H-pyrrole nitrogens is 2. The van der Waals surface area contributed by atoms with Gasteiger partial charge in [0.25, 0.3) is 0 Å². The molecule has 2 fully saturated rings. The van der Waals surface area contributed by atoms with Crippen molar-refractivity contribution in [2.75, 3.05) is 24.2 Å². The lowest BCUT2D eigenvalue weighted by atomic mass is 9.99. The summed E-state index contributed by atoms with van der Waals surface area (Å²) in [5.41, 5.74) is -2.09. The zero-order valence-corrected chi connectivity index (χ0v) is 44.8. The van der Waals surface area contributed by atoms with E-state index in [4.69, 9.17) is 24.5 Å². The minimum absolute atomic E-state index is 0.131. The standard InChI is InChI=1S/C23H29FN6O3.C9H12BrN5O2.C6H7N5O2.C4H8N4.C2H2O4/c1-15-25-21-27(2)22(31)29(23(32)30(21)26-15)11-5-10-28-17-8-9-18(28)13-19(12-17)33-14-16-6-3-4-7-20(16)24;1-6-11-7-13(2)8(16)14(5-3-4-10)9(17)15(7)12-6;1-3-7-4-10(2)5(12)8-6(13)11(4)9-3;1-3-6-4(5-2)8-7-3;3-1(4)2(5)6/h3-4,6-7,17-19H,5,8-14H2,1-2H3;3-5H2,1-2H3;1-2H3,(H,8,12,13);1-2H3,(H2,5,6,7,8);(H,3,4)(H,5,6). The molecule has 2 bridgehead atoms. The number of carboxylic acid groups (broad SMARTS) is 2. The summed E-state index contributed by atoms with van der Waals surface area (Å²) in [6.45, 7) is 8.70. The van der Waals surface area contributed by atoms with Crippen molar-refractivity contribution in [2.24, 2.45) is 21.1 Å². The number of ether oxygens (including phenoxy) is 1. The van der Waals surface area contributed by atoms with Gasteiger partial charge in [-0.1, -0.05) is 34.1 Å². The highest BCUT2D eigenvalue weighted by atomic mass is 79.9. The number of carbonyl (C=O) groups is 2. The first-order chi connectivity index (χ1) is 36.5. The third kappa shape index (κ3) is 13.8. The molecule has 33 heteroatoms. The Morgan fingerprint density at radius 3 is 1.65 bits per heavy atom. The molecule has 0 aliphatic carbocycles. The predicted molar refractivity (Wildman–Crippen MR) is 275 cm³/mol. The van der Waals surface area contributed by atoms with Crippen LogP contribution in [0.4, 0.5) is 10.3 Å². The van der Waals surface area contributed by atoms with Crippen molar-refractivity contribution in [1.29, 1.82) is 0 Å². The van der Waals surface area contributed by atoms with Crippen LogP contribution >= 0.6 is 15.9 Å². The van der Waals surface area contributed by atoms with Crippen LogP contribution in [0.15, 0.2) is 53.0 Å². The maximum absolute atomic E-state index is 13.9. The van der Waals surface area contributed by atoms with Crippen molar-refractivity contribution >= 4 is 51.1 Å². The highest BCUT2D eigenvalue weighted by Crippen LogP contribution is 2.37. The van der Waals surface area contributed by atoms with Gasteiger partial charge in [0.2, 0.25) is 23.3 Å². The van der Waals surface area contributed by atoms with Crippen molar-refractivity contribution in [3.8, 4) is 0 Å². The summed E-state index contributed by atoms with van der Waals surface area (Å²) in [6.07, 6.45) is 5.63. The van der Waals surface area contributed by atoms with Gasteiger partial charge in [-0.3, -0.25) is 28.7 Å². The number of fused-ring (bicyclic) bond motifs is 5. The molecule has 10 rings (SSSR count). The summed E-state index contributed by atoms with van der Waals surface area (Å²) in [4.78, 5) is 111. The maximum Gasteiger partial charge on any atom is 0.414 e. The van der Waals surface area contributed by atoms with E-state index in [1.807, 2.05) is 13.0 Å². The second-order valence-corrected chi connectivity index (χ2v) is 18.4. The van der Waals surface area contributed by atoms with E-state index in [9.17, 15) is 33.2 Å². The lowest BCUT2D eigenvalue weighted by Crippen LogP contribution is -2.47. The molecule has 7 aromatic heterocycles. The summed E-state index contributed by atoms with van der Waals surface area (Å²) >= 11 is 3.27. The molecule has 77 heavy (non-hydrogen) atoms. The van der Waals surface area contributed by atoms with Gasteiger partial charge in [-0.15, -0.1) is 33.9 Å². The molecular weight excluding hydrogens is 1080 g/mol. The van der Waals surface area contributed by atoms with Crippen LogP contribution in [-0.4, -0.2) is 151 Å². The predicted octanol–water partition coefficient (Wildman–Crippen LogP) is -0.942. The molecule has 1 aromatic carbocycles. The Balaban J connectivity index is 0.000000181. The highest BCUT2D eigenvalue weighted by Gasteiger charge is 2.40. The molecular formula is C44H58BrFN20O11. The van der Waals surface area contributed by atoms with E-state index in [1.54, 1.807) is 54.0 Å². The maximum atomic E-state index is 13.9. The first-order valence-electron chi connectivity index (χ1n) is 23.8. The van der Waals surface area contributed by atoms with Crippen LogP contribution in [0.25, 0.3) is 17.3 Å². The number of aryl methyl sites for hydroxylation is 7. The van der Waals surface area contributed by atoms with Gasteiger partial charge < -0.3 is 20.3 Å². The molecule has 0 spiro atoms. The molecule has 2 saturated heterocycles. The van der Waals surface area contributed by atoms with Crippen molar-refractivity contribution in [1.82, 2.24) is 91.7 Å². The monoisotopic (exact) mass is 1140 g/mol. The van der Waals surface area contributed by atoms with E-state index in [1.165, 1.54) is 40.5 Å². The summed E-state index contributed by atoms with van der Waals surface area (Å²) < 4.78 is 29.7. The molecule has 0 amide bonds. The molecule has 0 radical (unpaired) electrons. The van der Waals surface area contributed by atoms with Crippen LogP contribution < -0.4 is 39.5 Å². The summed E-state index contributed by atoms with van der Waals surface area (Å²) in [6, 6.07) is 7.60. The van der Waals surface area contributed by atoms with Crippen LogP contribution in [-0.2, 0) is 55.2 Å². The van der Waals surface area contributed by atoms with Crippen molar-refractivity contribution < 1.29 is 28.9 Å². The number of nitrogens with one attached hydrogen (secondary N) is 3. The number of rotatable bonds is 11. The number of nitrogens with zero attached hydrogens (tertiary/aromatic N) is 17. The van der Waals surface area contributed by atoms with E-state index < -0.39 is 34.7 Å². The van der Waals surface area contributed by atoms with E-state index in [0.29, 0.717) is 73.6 Å². The largest absolute Gasteiger partial charge is 0.473 e. The molecule has 5 N–H and O–H groups in total. The van der Waals surface area contributed by atoms with Gasteiger partial charge >= 0.3 is 46.1 Å². The quantitative estimate of drug-likeness (QED) is 0.0770. The number of alkyl halides is 1. The highest BCUT2D eigenvalue weighted by molar-refractivity contribution is 9.09. The Bertz CT molecular complexity index is 3740. The zero-order chi connectivity index (χ0) is 56.4. The smallest absolute Gasteiger partial charge is 0.414 e. The van der Waals surface area contributed by atoms with Gasteiger partial charge in [-0.05, 0) is 72.3 Å².